The number of nitrogens with one attached hydrogen (secondary N) is 1. The van der Waals surface area contributed by atoms with Gasteiger partial charge in [-0.2, -0.15) is 11.3 Å². The summed E-state index contributed by atoms with van der Waals surface area (Å²) in [7, 11) is 0. The molecule has 2 N–H and O–H groups in total. The number of hydrogen-bond donors (Lipinski definition) is 2. The molecule has 1 amide bonds. The normalized spacial score (nSPS) is 11.2. The summed E-state index contributed by atoms with van der Waals surface area (Å²) in [5, 5.41) is 15.3. The van der Waals surface area contributed by atoms with Gasteiger partial charge in [0.1, 0.15) is 0 Å². The minimum Gasteiger partial charge on any atom is -0.481 e. The molecule has 1 rings (SSSR count). The zero-order valence-electron chi connectivity index (χ0n) is 10.0. The van der Waals surface area contributed by atoms with Gasteiger partial charge in [0.15, 0.2) is 0 Å². The van der Waals surface area contributed by atoms with Gasteiger partial charge >= 0.3 is 5.97 Å². The van der Waals surface area contributed by atoms with Crippen molar-refractivity contribution in [1.29, 1.82) is 0 Å². The van der Waals surface area contributed by atoms with Crippen molar-refractivity contribution in [1.82, 2.24) is 5.32 Å². The van der Waals surface area contributed by atoms with Gasteiger partial charge in [-0.15, -0.1) is 0 Å². The Kier molecular flexibility index (Phi) is 4.69. The number of hydrogen-bond acceptors (Lipinski definition) is 3. The maximum atomic E-state index is 11.7. The van der Waals surface area contributed by atoms with E-state index in [2.05, 4.69) is 5.32 Å². The van der Waals surface area contributed by atoms with E-state index >= 15 is 0 Å². The summed E-state index contributed by atoms with van der Waals surface area (Å²) in [6.07, 6.45) is 0.837. The van der Waals surface area contributed by atoms with E-state index in [9.17, 15) is 9.59 Å². The Morgan fingerprint density at radius 3 is 2.71 bits per heavy atom. The molecule has 0 atom stereocenters. The average Bonchev–Trinajstić information content (AvgIpc) is 2.66. The minimum atomic E-state index is -0.842. The molecule has 1 aromatic rings. The zero-order valence-corrected chi connectivity index (χ0v) is 10.8. The van der Waals surface area contributed by atoms with Gasteiger partial charge in [-0.05, 0) is 42.7 Å². The molecule has 0 bridgehead atoms. The lowest BCUT2D eigenvalue weighted by atomic mass is 9.98. The third kappa shape index (κ3) is 5.49. The SMILES string of the molecule is CC(C)(CCC(=O)O)NC(=O)Cc1ccsc1. The van der Waals surface area contributed by atoms with E-state index in [1.54, 1.807) is 11.3 Å². The zero-order chi connectivity index (χ0) is 12.9. The van der Waals surface area contributed by atoms with Crippen LogP contribution in [-0.2, 0) is 16.0 Å². The average molecular weight is 255 g/mol. The number of carboxylic acid groups (broad SMARTS) is 1. The van der Waals surface area contributed by atoms with E-state index in [4.69, 9.17) is 5.11 Å². The molecule has 0 saturated heterocycles. The van der Waals surface area contributed by atoms with Crippen molar-refractivity contribution in [2.45, 2.75) is 38.6 Å². The summed E-state index contributed by atoms with van der Waals surface area (Å²) in [6, 6.07) is 1.91. The third-order valence-corrected chi connectivity index (χ3v) is 3.12. The van der Waals surface area contributed by atoms with Crippen LogP contribution in [0.1, 0.15) is 32.3 Å². The fourth-order valence-corrected chi connectivity index (χ4v) is 2.15. The number of carbonyl (C=O) groups is 2. The molecule has 94 valence electrons. The Morgan fingerprint density at radius 2 is 2.18 bits per heavy atom. The van der Waals surface area contributed by atoms with Crippen LogP contribution in [-0.4, -0.2) is 22.5 Å². The van der Waals surface area contributed by atoms with Crippen LogP contribution in [0.5, 0.6) is 0 Å². The fourth-order valence-electron chi connectivity index (χ4n) is 1.48. The lowest BCUT2D eigenvalue weighted by molar-refractivity contribution is -0.137. The van der Waals surface area contributed by atoms with E-state index in [1.165, 1.54) is 0 Å². The van der Waals surface area contributed by atoms with Crippen molar-refractivity contribution < 1.29 is 14.7 Å². The van der Waals surface area contributed by atoms with E-state index < -0.39 is 11.5 Å². The summed E-state index contributed by atoms with van der Waals surface area (Å²) < 4.78 is 0. The molecule has 0 aliphatic heterocycles. The Labute approximate surface area is 105 Å². The van der Waals surface area contributed by atoms with Crippen LogP contribution in [0.25, 0.3) is 0 Å². The summed E-state index contributed by atoms with van der Waals surface area (Å²) >= 11 is 1.56. The van der Waals surface area contributed by atoms with Crippen LogP contribution in [0.2, 0.25) is 0 Å². The second kappa shape index (κ2) is 5.82. The monoisotopic (exact) mass is 255 g/mol. The van der Waals surface area contributed by atoms with Crippen LogP contribution < -0.4 is 5.32 Å². The quantitative estimate of drug-likeness (QED) is 0.817. The van der Waals surface area contributed by atoms with Crippen LogP contribution >= 0.6 is 11.3 Å². The van der Waals surface area contributed by atoms with Gasteiger partial charge in [0.05, 0.1) is 6.42 Å². The summed E-state index contributed by atoms with van der Waals surface area (Å²) in [4.78, 5) is 22.2. The highest BCUT2D eigenvalue weighted by Gasteiger charge is 2.21. The van der Waals surface area contributed by atoms with Crippen LogP contribution in [0, 0.1) is 0 Å². The number of aliphatic carboxylic acids is 1. The Morgan fingerprint density at radius 1 is 1.47 bits per heavy atom. The lowest BCUT2D eigenvalue weighted by Crippen LogP contribution is -2.44. The van der Waals surface area contributed by atoms with Gasteiger partial charge < -0.3 is 10.4 Å². The van der Waals surface area contributed by atoms with Gasteiger partial charge in [-0.3, -0.25) is 9.59 Å². The first-order chi connectivity index (χ1) is 7.89. The smallest absolute Gasteiger partial charge is 0.303 e. The van der Waals surface area contributed by atoms with Crippen LogP contribution in [0.15, 0.2) is 16.8 Å². The first kappa shape index (κ1) is 13.7. The predicted molar refractivity (Wildman–Crippen MR) is 67.1 cm³/mol. The molecule has 0 aromatic carbocycles. The molecule has 4 nitrogen and oxygen atoms in total. The third-order valence-electron chi connectivity index (χ3n) is 2.39. The molecule has 0 aliphatic carbocycles. The summed E-state index contributed by atoms with van der Waals surface area (Å²) in [5.41, 5.74) is 0.507. The number of carboxylic acids is 1. The van der Waals surface area contributed by atoms with E-state index in [-0.39, 0.29) is 12.3 Å². The first-order valence-corrected chi connectivity index (χ1v) is 6.37. The molecule has 17 heavy (non-hydrogen) atoms. The van der Waals surface area contributed by atoms with Gasteiger partial charge in [0.25, 0.3) is 0 Å². The molecule has 0 unspecified atom stereocenters. The van der Waals surface area contributed by atoms with Gasteiger partial charge in [0, 0.05) is 12.0 Å². The molecule has 1 heterocycles. The molecule has 0 fully saturated rings. The maximum Gasteiger partial charge on any atom is 0.303 e. The first-order valence-electron chi connectivity index (χ1n) is 5.43. The highest BCUT2D eigenvalue weighted by Crippen LogP contribution is 2.12. The molecule has 0 saturated carbocycles. The lowest BCUT2D eigenvalue weighted by Gasteiger charge is -2.25. The van der Waals surface area contributed by atoms with Crippen molar-refractivity contribution in [3.8, 4) is 0 Å². The van der Waals surface area contributed by atoms with Crippen molar-refractivity contribution in [2.75, 3.05) is 0 Å². The van der Waals surface area contributed by atoms with Crippen LogP contribution in [0.4, 0.5) is 0 Å². The molecule has 5 heteroatoms. The Hall–Kier alpha value is -1.36. The van der Waals surface area contributed by atoms with Gasteiger partial charge in [-0.25, -0.2) is 0 Å². The van der Waals surface area contributed by atoms with Crippen molar-refractivity contribution in [2.24, 2.45) is 0 Å². The standard InChI is InChI=1S/C12H17NO3S/c1-12(2,5-3-11(15)16)13-10(14)7-9-4-6-17-8-9/h4,6,8H,3,5,7H2,1-2H3,(H,13,14)(H,15,16). The van der Waals surface area contributed by atoms with Gasteiger partial charge in [-0.1, -0.05) is 0 Å². The molecular formula is C12H17NO3S. The second-order valence-electron chi connectivity index (χ2n) is 4.63. The van der Waals surface area contributed by atoms with Crippen molar-refractivity contribution in [3.63, 3.8) is 0 Å². The maximum absolute atomic E-state index is 11.7. The van der Waals surface area contributed by atoms with Crippen molar-refractivity contribution >= 4 is 23.2 Å². The van der Waals surface area contributed by atoms with E-state index in [1.807, 2.05) is 30.7 Å². The molecule has 1 aromatic heterocycles. The minimum absolute atomic E-state index is 0.0612. The molecule has 0 aliphatic rings. The number of rotatable bonds is 6. The largest absolute Gasteiger partial charge is 0.481 e. The van der Waals surface area contributed by atoms with E-state index in [0.717, 1.165) is 5.56 Å². The number of amides is 1. The number of thiophene rings is 1. The van der Waals surface area contributed by atoms with Gasteiger partial charge in [0.2, 0.25) is 5.91 Å². The van der Waals surface area contributed by atoms with Crippen molar-refractivity contribution in [3.05, 3.63) is 22.4 Å². The number of carbonyl (C=O) groups excluding carboxylic acids is 1. The predicted octanol–water partition coefficient (Wildman–Crippen LogP) is 2.05. The fraction of sp³-hybridized carbons (Fsp3) is 0.500. The summed E-state index contributed by atoms with van der Waals surface area (Å²) in [5.74, 6) is -0.913. The highest BCUT2D eigenvalue weighted by molar-refractivity contribution is 7.07. The summed E-state index contributed by atoms with van der Waals surface area (Å²) in [6.45, 7) is 3.67. The molecule has 0 spiro atoms. The molecule has 0 radical (unpaired) electrons. The van der Waals surface area contributed by atoms with E-state index in [0.29, 0.717) is 12.8 Å². The second-order valence-corrected chi connectivity index (χ2v) is 5.41. The Balaban J connectivity index is 2.41. The van der Waals surface area contributed by atoms with Crippen LogP contribution in [0.3, 0.4) is 0 Å². The Bertz CT molecular complexity index is 384. The topological polar surface area (TPSA) is 66.4 Å². The highest BCUT2D eigenvalue weighted by atomic mass is 32.1. The molecular weight excluding hydrogens is 238 g/mol.